The van der Waals surface area contributed by atoms with Crippen LogP contribution in [0.3, 0.4) is 0 Å². The predicted octanol–water partition coefficient (Wildman–Crippen LogP) is 4.69. The van der Waals surface area contributed by atoms with E-state index in [1.54, 1.807) is 7.11 Å². The van der Waals surface area contributed by atoms with Crippen LogP contribution in [0.15, 0.2) is 48.5 Å². The lowest BCUT2D eigenvalue weighted by molar-refractivity contribution is 0.0681. The summed E-state index contributed by atoms with van der Waals surface area (Å²) in [5.41, 5.74) is 3.38. The predicted molar refractivity (Wildman–Crippen MR) is 88.8 cm³/mol. The van der Waals surface area contributed by atoms with Crippen molar-refractivity contribution in [2.45, 2.75) is 26.0 Å². The van der Waals surface area contributed by atoms with Crippen LogP contribution in [-0.2, 0) is 4.74 Å². The molecule has 0 aromatic heterocycles. The number of ether oxygens (including phenoxy) is 1. The van der Waals surface area contributed by atoms with Crippen LogP contribution in [0.25, 0.3) is 0 Å². The maximum Gasteiger partial charge on any atom is 0.102 e. The number of hydrogen-bond acceptors (Lipinski definition) is 2. The summed E-state index contributed by atoms with van der Waals surface area (Å²) in [6.45, 7) is 4.97. The first-order valence-corrected chi connectivity index (χ1v) is 7.62. The Balaban J connectivity index is 2.38. The average Bonchev–Trinajstić information content (AvgIpc) is 2.51. The number of aryl methyl sites for hydroxylation is 1. The second-order valence-corrected chi connectivity index (χ2v) is 5.52. The Bertz CT molecular complexity index is 571. The third-order valence-corrected chi connectivity index (χ3v) is 4.07. The third kappa shape index (κ3) is 3.85. The zero-order valence-corrected chi connectivity index (χ0v) is 13.5. The summed E-state index contributed by atoms with van der Waals surface area (Å²) in [6.07, 6.45) is -0.0510. The molecule has 2 nitrogen and oxygen atoms in total. The number of methoxy groups -OCH3 is 1. The normalized spacial score (nSPS) is 13.9. The van der Waals surface area contributed by atoms with Gasteiger partial charge in [-0.2, -0.15) is 0 Å². The lowest BCUT2D eigenvalue weighted by Gasteiger charge is -2.28. The van der Waals surface area contributed by atoms with Gasteiger partial charge in [-0.15, -0.1) is 0 Å². The molecule has 0 heterocycles. The van der Waals surface area contributed by atoms with Crippen molar-refractivity contribution in [1.29, 1.82) is 0 Å². The molecule has 1 N–H and O–H groups in total. The van der Waals surface area contributed by atoms with Crippen LogP contribution in [0.4, 0.5) is 0 Å². The van der Waals surface area contributed by atoms with Gasteiger partial charge in [0.15, 0.2) is 0 Å². The Morgan fingerprint density at radius 3 is 2.38 bits per heavy atom. The summed E-state index contributed by atoms with van der Waals surface area (Å²) in [4.78, 5) is 0. The minimum atomic E-state index is -0.0510. The van der Waals surface area contributed by atoms with E-state index >= 15 is 0 Å². The molecule has 0 fully saturated rings. The van der Waals surface area contributed by atoms with Crippen LogP contribution in [0.5, 0.6) is 0 Å². The highest BCUT2D eigenvalue weighted by molar-refractivity contribution is 6.31. The van der Waals surface area contributed by atoms with Gasteiger partial charge in [-0.1, -0.05) is 61.0 Å². The van der Waals surface area contributed by atoms with E-state index in [1.165, 1.54) is 0 Å². The van der Waals surface area contributed by atoms with Crippen molar-refractivity contribution in [3.05, 3.63) is 70.2 Å². The molecule has 21 heavy (non-hydrogen) atoms. The van der Waals surface area contributed by atoms with Gasteiger partial charge in [0, 0.05) is 12.1 Å². The molecular weight excluding hydrogens is 282 g/mol. The van der Waals surface area contributed by atoms with Gasteiger partial charge in [-0.3, -0.25) is 0 Å². The Morgan fingerprint density at radius 2 is 1.81 bits per heavy atom. The molecule has 0 saturated heterocycles. The first-order valence-electron chi connectivity index (χ1n) is 7.24. The molecule has 0 aliphatic rings. The molecule has 2 rings (SSSR count). The van der Waals surface area contributed by atoms with Gasteiger partial charge in [-0.25, -0.2) is 0 Å². The van der Waals surface area contributed by atoms with E-state index in [0.29, 0.717) is 0 Å². The quantitative estimate of drug-likeness (QED) is 0.836. The molecule has 0 saturated carbocycles. The SMILES string of the molecule is CCNC(c1ccc(C)c(Cl)c1)C(OC)c1ccccc1. The molecule has 2 aromatic carbocycles. The molecule has 0 aliphatic carbocycles. The van der Waals surface area contributed by atoms with Gasteiger partial charge in [0.1, 0.15) is 6.10 Å². The van der Waals surface area contributed by atoms with Crippen LogP contribution in [0, 0.1) is 6.92 Å². The van der Waals surface area contributed by atoms with E-state index in [9.17, 15) is 0 Å². The maximum absolute atomic E-state index is 6.28. The highest BCUT2D eigenvalue weighted by atomic mass is 35.5. The second-order valence-electron chi connectivity index (χ2n) is 5.11. The van der Waals surface area contributed by atoms with E-state index in [2.05, 4.69) is 36.5 Å². The molecule has 0 radical (unpaired) electrons. The van der Waals surface area contributed by atoms with E-state index < -0.39 is 0 Å². The fraction of sp³-hybridized carbons (Fsp3) is 0.333. The van der Waals surface area contributed by atoms with Gasteiger partial charge < -0.3 is 10.1 Å². The molecule has 2 aromatic rings. The Morgan fingerprint density at radius 1 is 1.10 bits per heavy atom. The van der Waals surface area contributed by atoms with Crippen molar-refractivity contribution in [2.75, 3.05) is 13.7 Å². The smallest absolute Gasteiger partial charge is 0.102 e. The summed E-state index contributed by atoms with van der Waals surface area (Å²) in [6, 6.07) is 16.5. The van der Waals surface area contributed by atoms with Crippen molar-refractivity contribution in [2.24, 2.45) is 0 Å². The van der Waals surface area contributed by atoms with Gasteiger partial charge in [0.05, 0.1) is 6.04 Å². The fourth-order valence-corrected chi connectivity index (χ4v) is 2.72. The molecule has 0 amide bonds. The molecule has 0 aliphatic heterocycles. The first-order chi connectivity index (χ1) is 10.2. The van der Waals surface area contributed by atoms with Crippen LogP contribution in [-0.4, -0.2) is 13.7 Å². The van der Waals surface area contributed by atoms with Gasteiger partial charge in [0.25, 0.3) is 0 Å². The van der Waals surface area contributed by atoms with E-state index in [-0.39, 0.29) is 12.1 Å². The third-order valence-electron chi connectivity index (χ3n) is 3.66. The Labute approximate surface area is 132 Å². The van der Waals surface area contributed by atoms with Gasteiger partial charge in [-0.05, 0) is 36.2 Å². The highest BCUT2D eigenvalue weighted by Crippen LogP contribution is 2.33. The van der Waals surface area contributed by atoms with E-state index in [4.69, 9.17) is 16.3 Å². The van der Waals surface area contributed by atoms with Gasteiger partial charge in [0.2, 0.25) is 0 Å². The zero-order chi connectivity index (χ0) is 15.2. The summed E-state index contributed by atoms with van der Waals surface area (Å²) < 4.78 is 5.77. The number of benzene rings is 2. The minimum absolute atomic E-state index is 0.0510. The topological polar surface area (TPSA) is 21.3 Å². The van der Waals surface area contributed by atoms with E-state index in [1.807, 2.05) is 31.2 Å². The summed E-state index contributed by atoms with van der Waals surface area (Å²) in [5, 5.41) is 4.30. The average molecular weight is 304 g/mol. The molecule has 3 heteroatoms. The van der Waals surface area contributed by atoms with E-state index in [0.717, 1.165) is 28.3 Å². The number of nitrogens with one attached hydrogen (secondary N) is 1. The van der Waals surface area contributed by atoms with Crippen molar-refractivity contribution < 1.29 is 4.74 Å². The summed E-state index contributed by atoms with van der Waals surface area (Å²) in [5.74, 6) is 0. The fourth-order valence-electron chi connectivity index (χ4n) is 2.53. The summed E-state index contributed by atoms with van der Waals surface area (Å²) >= 11 is 6.28. The lowest BCUT2D eigenvalue weighted by Crippen LogP contribution is -2.28. The van der Waals surface area contributed by atoms with Crippen LogP contribution >= 0.6 is 11.6 Å². The highest BCUT2D eigenvalue weighted by Gasteiger charge is 2.24. The van der Waals surface area contributed by atoms with Crippen LogP contribution in [0.2, 0.25) is 5.02 Å². The van der Waals surface area contributed by atoms with Gasteiger partial charge >= 0.3 is 0 Å². The molecule has 112 valence electrons. The molecule has 0 bridgehead atoms. The van der Waals surface area contributed by atoms with Crippen LogP contribution < -0.4 is 5.32 Å². The van der Waals surface area contributed by atoms with Crippen molar-refractivity contribution in [3.8, 4) is 0 Å². The van der Waals surface area contributed by atoms with Crippen molar-refractivity contribution in [3.63, 3.8) is 0 Å². The molecule has 2 unspecified atom stereocenters. The number of rotatable bonds is 6. The van der Waals surface area contributed by atoms with Crippen molar-refractivity contribution >= 4 is 11.6 Å². The Hall–Kier alpha value is -1.35. The number of hydrogen-bond donors (Lipinski definition) is 1. The second kappa shape index (κ2) is 7.60. The largest absolute Gasteiger partial charge is 0.375 e. The van der Waals surface area contributed by atoms with Crippen LogP contribution in [0.1, 0.15) is 35.8 Å². The number of halogens is 1. The molecular formula is C18H22ClNO. The first kappa shape index (κ1) is 16.0. The monoisotopic (exact) mass is 303 g/mol. The zero-order valence-electron chi connectivity index (χ0n) is 12.8. The molecule has 0 spiro atoms. The summed E-state index contributed by atoms with van der Waals surface area (Å²) in [7, 11) is 1.75. The lowest BCUT2D eigenvalue weighted by atomic mass is 9.95. The standard InChI is InChI=1S/C18H22ClNO/c1-4-20-17(15-11-10-13(2)16(19)12-15)18(21-3)14-8-6-5-7-9-14/h5-12,17-18,20H,4H2,1-3H3. The Kier molecular flexibility index (Phi) is 5.80. The molecule has 2 atom stereocenters. The maximum atomic E-state index is 6.28. The van der Waals surface area contributed by atoms with Crippen molar-refractivity contribution in [1.82, 2.24) is 5.32 Å². The minimum Gasteiger partial charge on any atom is -0.375 e. The number of likely N-dealkylation sites (N-methyl/N-ethyl adjacent to an activating group) is 1.